The summed E-state index contributed by atoms with van der Waals surface area (Å²) in [4.78, 5) is 4.74. The highest BCUT2D eigenvalue weighted by molar-refractivity contribution is 8.14. The molecule has 1 aliphatic heterocycles. The van der Waals surface area contributed by atoms with Gasteiger partial charge in [0.1, 0.15) is 5.82 Å². The second kappa shape index (κ2) is 5.16. The average Bonchev–Trinajstić information content (AvgIpc) is 3.01. The van der Waals surface area contributed by atoms with E-state index < -0.39 is 0 Å². The van der Waals surface area contributed by atoms with Gasteiger partial charge < -0.3 is 5.32 Å². The number of nitrogens with zero attached hydrogens (tertiary/aromatic N) is 1. The number of aliphatic imine (C=N–C) groups is 1. The molecule has 1 saturated carbocycles. The summed E-state index contributed by atoms with van der Waals surface area (Å²) in [5.74, 6) is 0.948. The summed E-state index contributed by atoms with van der Waals surface area (Å²) in [6, 6.07) is 6.70. The molecule has 3 rings (SSSR count). The third kappa shape index (κ3) is 2.78. The molecule has 1 saturated heterocycles. The molecule has 1 spiro atoms. The zero-order valence-electron chi connectivity index (χ0n) is 11.2. The molecule has 1 aromatic rings. The highest BCUT2D eigenvalue weighted by Crippen LogP contribution is 2.38. The van der Waals surface area contributed by atoms with Crippen LogP contribution >= 0.6 is 11.8 Å². The summed E-state index contributed by atoms with van der Waals surface area (Å²) >= 11 is 1.83. The van der Waals surface area contributed by atoms with E-state index in [1.165, 1.54) is 37.8 Å². The Kier molecular flexibility index (Phi) is 3.52. The van der Waals surface area contributed by atoms with Crippen LogP contribution in [0.1, 0.15) is 44.2 Å². The molecule has 0 bridgehead atoms. The first-order valence-electron chi connectivity index (χ1n) is 6.91. The Morgan fingerprint density at radius 2 is 1.95 bits per heavy atom. The molecule has 4 heteroatoms. The van der Waals surface area contributed by atoms with Crippen molar-refractivity contribution in [3.63, 3.8) is 0 Å². The molecule has 1 unspecified atom stereocenters. The molecule has 1 heterocycles. The van der Waals surface area contributed by atoms with Crippen molar-refractivity contribution in [1.82, 2.24) is 5.32 Å². The van der Waals surface area contributed by atoms with Crippen LogP contribution in [0.15, 0.2) is 29.3 Å². The molecule has 0 aromatic heterocycles. The lowest BCUT2D eigenvalue weighted by Gasteiger charge is -2.22. The molecule has 2 nitrogen and oxygen atoms in total. The minimum Gasteiger partial charge on any atom is -0.359 e. The fraction of sp³-hybridized carbons (Fsp3) is 0.533. The molecular weight excluding hydrogens is 259 g/mol. The number of amidine groups is 1. The first-order valence-corrected chi connectivity index (χ1v) is 7.90. The highest BCUT2D eigenvalue weighted by Gasteiger charge is 2.39. The lowest BCUT2D eigenvalue weighted by atomic mass is 10.0. The Balaban J connectivity index is 1.70. The van der Waals surface area contributed by atoms with Crippen LogP contribution in [0.25, 0.3) is 0 Å². The van der Waals surface area contributed by atoms with Crippen molar-refractivity contribution in [3.05, 3.63) is 35.6 Å². The number of nitrogens with one attached hydrogen (secondary N) is 1. The summed E-state index contributed by atoms with van der Waals surface area (Å²) in [7, 11) is 0. The van der Waals surface area contributed by atoms with Crippen molar-refractivity contribution in [3.8, 4) is 0 Å². The lowest BCUT2D eigenvalue weighted by molar-refractivity contribution is 0.452. The fourth-order valence-corrected chi connectivity index (χ4v) is 4.18. The standard InChI is InChI=1S/C15H19FN2S/c1-11(12-4-6-13(16)7-5-12)17-14-18-15(10-19-14)8-2-3-9-15/h4-7,11H,2-3,8-10H2,1H3,(H,17,18). The van der Waals surface area contributed by atoms with Gasteiger partial charge in [0, 0.05) is 11.3 Å². The largest absolute Gasteiger partial charge is 0.359 e. The summed E-state index contributed by atoms with van der Waals surface area (Å²) in [5, 5.41) is 4.67. The predicted molar refractivity (Wildman–Crippen MR) is 79.0 cm³/mol. The van der Waals surface area contributed by atoms with Crippen molar-refractivity contribution in [2.45, 2.75) is 44.2 Å². The summed E-state index contributed by atoms with van der Waals surface area (Å²) in [6.07, 6.45) is 5.19. The van der Waals surface area contributed by atoms with Gasteiger partial charge in [-0.05, 0) is 37.5 Å². The first-order chi connectivity index (χ1) is 9.17. The average molecular weight is 278 g/mol. The molecule has 102 valence electrons. The van der Waals surface area contributed by atoms with Gasteiger partial charge >= 0.3 is 0 Å². The highest BCUT2D eigenvalue weighted by atomic mass is 32.2. The number of hydrogen-bond donors (Lipinski definition) is 1. The maximum absolute atomic E-state index is 12.9. The number of benzene rings is 1. The van der Waals surface area contributed by atoms with E-state index in [1.54, 1.807) is 0 Å². The van der Waals surface area contributed by atoms with Gasteiger partial charge in [-0.3, -0.25) is 4.99 Å². The topological polar surface area (TPSA) is 24.4 Å². The maximum Gasteiger partial charge on any atom is 0.157 e. The van der Waals surface area contributed by atoms with Crippen molar-refractivity contribution in [1.29, 1.82) is 0 Å². The number of halogens is 1. The van der Waals surface area contributed by atoms with Gasteiger partial charge in [-0.2, -0.15) is 0 Å². The smallest absolute Gasteiger partial charge is 0.157 e. The minimum absolute atomic E-state index is 0.0761. The SMILES string of the molecule is CC(N=C1NC2(CCCC2)CS1)c1ccc(F)cc1. The molecule has 1 aliphatic carbocycles. The van der Waals surface area contributed by atoms with E-state index in [4.69, 9.17) is 4.99 Å². The second-order valence-electron chi connectivity index (χ2n) is 5.56. The van der Waals surface area contributed by atoms with E-state index >= 15 is 0 Å². The van der Waals surface area contributed by atoms with E-state index in [2.05, 4.69) is 12.2 Å². The molecule has 0 amide bonds. The minimum atomic E-state index is -0.193. The van der Waals surface area contributed by atoms with E-state index in [-0.39, 0.29) is 11.9 Å². The van der Waals surface area contributed by atoms with Crippen LogP contribution < -0.4 is 5.32 Å². The van der Waals surface area contributed by atoms with Gasteiger partial charge in [-0.25, -0.2) is 4.39 Å². The lowest BCUT2D eigenvalue weighted by Crippen LogP contribution is -2.40. The van der Waals surface area contributed by atoms with E-state index in [1.807, 2.05) is 23.9 Å². The molecule has 1 atom stereocenters. The Morgan fingerprint density at radius 1 is 1.26 bits per heavy atom. The molecule has 1 N–H and O–H groups in total. The fourth-order valence-electron chi connectivity index (χ4n) is 2.89. The first kappa shape index (κ1) is 13.0. The Bertz CT molecular complexity index is 477. The van der Waals surface area contributed by atoms with Gasteiger partial charge in [0.15, 0.2) is 5.17 Å². The van der Waals surface area contributed by atoms with Gasteiger partial charge in [-0.1, -0.05) is 36.7 Å². The maximum atomic E-state index is 12.9. The van der Waals surface area contributed by atoms with Crippen molar-refractivity contribution < 1.29 is 4.39 Å². The van der Waals surface area contributed by atoms with E-state index in [0.717, 1.165) is 16.5 Å². The third-order valence-corrected chi connectivity index (χ3v) is 5.26. The van der Waals surface area contributed by atoms with Crippen LogP contribution in [0.3, 0.4) is 0 Å². The summed E-state index contributed by atoms with van der Waals surface area (Å²) < 4.78 is 12.9. The Morgan fingerprint density at radius 3 is 2.63 bits per heavy atom. The number of hydrogen-bond acceptors (Lipinski definition) is 2. The normalized spacial score (nSPS) is 24.8. The van der Waals surface area contributed by atoms with Crippen LogP contribution in [0.4, 0.5) is 4.39 Å². The van der Waals surface area contributed by atoms with Crippen LogP contribution in [0.5, 0.6) is 0 Å². The van der Waals surface area contributed by atoms with Crippen LogP contribution in [0.2, 0.25) is 0 Å². The monoisotopic (exact) mass is 278 g/mol. The zero-order valence-corrected chi connectivity index (χ0v) is 12.0. The van der Waals surface area contributed by atoms with Gasteiger partial charge in [0.05, 0.1) is 6.04 Å². The van der Waals surface area contributed by atoms with Crippen LogP contribution in [-0.4, -0.2) is 16.5 Å². The van der Waals surface area contributed by atoms with Crippen molar-refractivity contribution >= 4 is 16.9 Å². The van der Waals surface area contributed by atoms with Gasteiger partial charge in [0.2, 0.25) is 0 Å². The molecule has 1 aromatic carbocycles. The van der Waals surface area contributed by atoms with Crippen molar-refractivity contribution in [2.24, 2.45) is 4.99 Å². The van der Waals surface area contributed by atoms with Crippen molar-refractivity contribution in [2.75, 3.05) is 5.75 Å². The van der Waals surface area contributed by atoms with Gasteiger partial charge in [0.25, 0.3) is 0 Å². The molecule has 2 aliphatic rings. The molecule has 0 radical (unpaired) electrons. The van der Waals surface area contributed by atoms with E-state index in [0.29, 0.717) is 5.54 Å². The molecular formula is C15H19FN2S. The van der Waals surface area contributed by atoms with Crippen LogP contribution in [0, 0.1) is 5.82 Å². The zero-order chi connectivity index (χ0) is 13.3. The predicted octanol–water partition coefficient (Wildman–Crippen LogP) is 3.89. The van der Waals surface area contributed by atoms with Gasteiger partial charge in [-0.15, -0.1) is 0 Å². The third-order valence-electron chi connectivity index (χ3n) is 4.08. The number of rotatable bonds is 2. The molecule has 19 heavy (non-hydrogen) atoms. The van der Waals surface area contributed by atoms with Crippen LogP contribution in [-0.2, 0) is 0 Å². The Labute approximate surface area is 117 Å². The molecule has 2 fully saturated rings. The quantitative estimate of drug-likeness (QED) is 0.887. The summed E-state index contributed by atoms with van der Waals surface area (Å²) in [5.41, 5.74) is 1.37. The summed E-state index contributed by atoms with van der Waals surface area (Å²) in [6.45, 7) is 2.06. The second-order valence-corrected chi connectivity index (χ2v) is 6.53. The number of thioether (sulfide) groups is 1. The Hall–Kier alpha value is -1.03. The van der Waals surface area contributed by atoms with E-state index in [9.17, 15) is 4.39 Å².